The van der Waals surface area contributed by atoms with Crippen LogP contribution in [0.4, 0.5) is 0 Å². The number of hydrogen-bond acceptors (Lipinski definition) is 6. The first-order valence-electron chi connectivity index (χ1n) is 4.04. The molecule has 0 amide bonds. The van der Waals surface area contributed by atoms with Gasteiger partial charge < -0.3 is 25.8 Å². The summed E-state index contributed by atoms with van der Waals surface area (Å²) in [5.74, 6) is 0. The van der Waals surface area contributed by atoms with Gasteiger partial charge in [-0.1, -0.05) is 5.11 Å². The molecule has 0 aromatic carbocycles. The Hall–Kier alpha value is -0.890. The lowest BCUT2D eigenvalue weighted by Crippen LogP contribution is -2.61. The van der Waals surface area contributed by atoms with Crippen LogP contribution in [0.2, 0.25) is 0 Å². The van der Waals surface area contributed by atoms with Crippen molar-refractivity contribution in [3.63, 3.8) is 0 Å². The first kappa shape index (κ1) is 11.2. The van der Waals surface area contributed by atoms with Crippen molar-refractivity contribution < 1.29 is 20.1 Å². The highest BCUT2D eigenvalue weighted by Gasteiger charge is 2.41. The highest BCUT2D eigenvalue weighted by molar-refractivity contribution is 4.92. The number of ether oxygens (including phenoxy) is 1. The molecule has 0 aromatic heterocycles. The molecule has 1 aliphatic heterocycles. The van der Waals surface area contributed by atoms with Crippen molar-refractivity contribution in [3.8, 4) is 0 Å². The van der Waals surface area contributed by atoms with E-state index in [-0.39, 0.29) is 6.54 Å². The van der Waals surface area contributed by atoms with Crippen molar-refractivity contribution in [1.29, 1.82) is 0 Å². The molecule has 0 radical (unpaired) electrons. The standard InChI is InChI=1S/C6H12N4O4/c7-3-4(11)2(1-9-10-8)14-6(13)5(3)12/h2-6,11-13H,1,7H2/t2?,3?,4-,5?,6+/m0/s1. The molecule has 0 aromatic rings. The van der Waals surface area contributed by atoms with Gasteiger partial charge in [-0.15, -0.1) is 0 Å². The van der Waals surface area contributed by atoms with Gasteiger partial charge in [-0.05, 0) is 5.53 Å². The van der Waals surface area contributed by atoms with Crippen LogP contribution < -0.4 is 5.73 Å². The van der Waals surface area contributed by atoms with E-state index in [1.54, 1.807) is 0 Å². The van der Waals surface area contributed by atoms with Gasteiger partial charge >= 0.3 is 0 Å². The molecule has 1 saturated heterocycles. The molecule has 3 unspecified atom stereocenters. The highest BCUT2D eigenvalue weighted by Crippen LogP contribution is 2.18. The molecule has 5 atom stereocenters. The Morgan fingerprint density at radius 2 is 2.00 bits per heavy atom. The second-order valence-electron chi connectivity index (χ2n) is 3.04. The van der Waals surface area contributed by atoms with Gasteiger partial charge in [0.05, 0.1) is 24.8 Å². The number of nitrogens with zero attached hydrogens (tertiary/aromatic N) is 3. The Labute approximate surface area is 79.5 Å². The van der Waals surface area contributed by atoms with Gasteiger partial charge in [0.2, 0.25) is 0 Å². The molecule has 14 heavy (non-hydrogen) atoms. The molecule has 8 heteroatoms. The van der Waals surface area contributed by atoms with E-state index in [0.29, 0.717) is 0 Å². The van der Waals surface area contributed by atoms with Crippen molar-refractivity contribution in [1.82, 2.24) is 0 Å². The zero-order chi connectivity index (χ0) is 10.7. The third-order valence-corrected chi connectivity index (χ3v) is 2.10. The molecular weight excluding hydrogens is 192 g/mol. The summed E-state index contributed by atoms with van der Waals surface area (Å²) < 4.78 is 4.79. The fourth-order valence-electron chi connectivity index (χ4n) is 1.25. The molecular formula is C6H12N4O4. The van der Waals surface area contributed by atoms with Crippen molar-refractivity contribution in [2.45, 2.75) is 30.6 Å². The van der Waals surface area contributed by atoms with Gasteiger partial charge in [-0.3, -0.25) is 0 Å². The maximum atomic E-state index is 9.45. The molecule has 1 heterocycles. The van der Waals surface area contributed by atoms with E-state index < -0.39 is 30.6 Å². The van der Waals surface area contributed by atoms with Crippen molar-refractivity contribution in [2.75, 3.05) is 6.54 Å². The van der Waals surface area contributed by atoms with E-state index in [2.05, 4.69) is 10.0 Å². The monoisotopic (exact) mass is 204 g/mol. The smallest absolute Gasteiger partial charge is 0.182 e. The molecule has 80 valence electrons. The quantitative estimate of drug-likeness (QED) is 0.235. The van der Waals surface area contributed by atoms with Crippen molar-refractivity contribution in [3.05, 3.63) is 10.4 Å². The summed E-state index contributed by atoms with van der Waals surface area (Å²) >= 11 is 0. The summed E-state index contributed by atoms with van der Waals surface area (Å²) in [5.41, 5.74) is 13.4. The van der Waals surface area contributed by atoms with Crippen LogP contribution in [0.25, 0.3) is 10.4 Å². The normalized spacial score (nSPS) is 43.0. The average Bonchev–Trinajstić information content (AvgIpc) is 2.18. The van der Waals surface area contributed by atoms with E-state index in [1.165, 1.54) is 0 Å². The van der Waals surface area contributed by atoms with E-state index in [1.807, 2.05) is 0 Å². The Balaban J connectivity index is 2.64. The number of nitrogens with two attached hydrogens (primary N) is 1. The van der Waals surface area contributed by atoms with E-state index in [0.717, 1.165) is 0 Å². The average molecular weight is 204 g/mol. The summed E-state index contributed by atoms with van der Waals surface area (Å²) in [5, 5.41) is 31.0. The largest absolute Gasteiger partial charge is 0.389 e. The van der Waals surface area contributed by atoms with Crippen LogP contribution in [0.3, 0.4) is 0 Å². The number of rotatable bonds is 2. The topological polar surface area (TPSA) is 145 Å². The molecule has 1 rings (SSSR count). The predicted molar refractivity (Wildman–Crippen MR) is 44.9 cm³/mol. The van der Waals surface area contributed by atoms with E-state index >= 15 is 0 Å². The third kappa shape index (κ3) is 2.13. The van der Waals surface area contributed by atoms with Crippen LogP contribution >= 0.6 is 0 Å². The SMILES string of the molecule is [N-]=[N+]=NCC1O[C@@H](O)C(O)C(N)[C@H]1O. The Kier molecular flexibility index (Phi) is 3.64. The third-order valence-electron chi connectivity index (χ3n) is 2.10. The molecule has 0 aliphatic carbocycles. The van der Waals surface area contributed by atoms with Crippen LogP contribution in [0, 0.1) is 0 Å². The van der Waals surface area contributed by atoms with Crippen molar-refractivity contribution in [2.24, 2.45) is 10.8 Å². The number of hydrogen-bond donors (Lipinski definition) is 4. The summed E-state index contributed by atoms with van der Waals surface area (Å²) in [7, 11) is 0. The van der Waals surface area contributed by atoms with Gasteiger partial charge in [0.1, 0.15) is 6.10 Å². The minimum atomic E-state index is -1.47. The highest BCUT2D eigenvalue weighted by atomic mass is 16.6. The van der Waals surface area contributed by atoms with Crippen LogP contribution in [-0.4, -0.2) is 52.5 Å². The fraction of sp³-hybridized carbons (Fsp3) is 1.00. The summed E-state index contributed by atoms with van der Waals surface area (Å²) in [6.45, 7) is -0.144. The maximum Gasteiger partial charge on any atom is 0.182 e. The first-order chi connectivity index (χ1) is 6.57. The van der Waals surface area contributed by atoms with Crippen LogP contribution in [0.1, 0.15) is 0 Å². The second kappa shape index (κ2) is 4.56. The lowest BCUT2D eigenvalue weighted by molar-refractivity contribution is -0.249. The van der Waals surface area contributed by atoms with Gasteiger partial charge in [0.25, 0.3) is 0 Å². The Morgan fingerprint density at radius 3 is 2.57 bits per heavy atom. The van der Waals surface area contributed by atoms with Gasteiger partial charge in [-0.25, -0.2) is 0 Å². The van der Waals surface area contributed by atoms with Crippen LogP contribution in [-0.2, 0) is 4.74 Å². The number of aliphatic hydroxyl groups excluding tert-OH is 3. The molecule has 8 nitrogen and oxygen atoms in total. The number of aliphatic hydroxyl groups is 3. The van der Waals surface area contributed by atoms with E-state index in [9.17, 15) is 10.2 Å². The minimum absolute atomic E-state index is 0.144. The number of azide groups is 1. The summed E-state index contributed by atoms with van der Waals surface area (Å²) in [6, 6.07) is -1.02. The predicted octanol–water partition coefficient (Wildman–Crippen LogP) is -1.94. The lowest BCUT2D eigenvalue weighted by atomic mass is 9.97. The summed E-state index contributed by atoms with van der Waals surface area (Å²) in [6.07, 6.45) is -4.86. The lowest BCUT2D eigenvalue weighted by Gasteiger charge is -2.38. The Morgan fingerprint density at radius 1 is 1.36 bits per heavy atom. The molecule has 0 bridgehead atoms. The zero-order valence-corrected chi connectivity index (χ0v) is 7.26. The zero-order valence-electron chi connectivity index (χ0n) is 7.26. The molecule has 5 N–H and O–H groups in total. The fourth-order valence-corrected chi connectivity index (χ4v) is 1.25. The van der Waals surface area contributed by atoms with Gasteiger partial charge in [0, 0.05) is 4.91 Å². The molecule has 0 spiro atoms. The minimum Gasteiger partial charge on any atom is -0.389 e. The van der Waals surface area contributed by atoms with Crippen LogP contribution in [0.15, 0.2) is 5.11 Å². The summed E-state index contributed by atoms with van der Waals surface area (Å²) in [4.78, 5) is 2.48. The molecule has 1 fully saturated rings. The van der Waals surface area contributed by atoms with Gasteiger partial charge in [-0.2, -0.15) is 0 Å². The van der Waals surface area contributed by atoms with Crippen molar-refractivity contribution >= 4 is 0 Å². The second-order valence-corrected chi connectivity index (χ2v) is 3.04. The van der Waals surface area contributed by atoms with Gasteiger partial charge in [0.15, 0.2) is 6.29 Å². The first-order valence-corrected chi connectivity index (χ1v) is 4.04. The maximum absolute atomic E-state index is 9.45. The van der Waals surface area contributed by atoms with E-state index in [4.69, 9.17) is 21.1 Å². The Bertz CT molecular complexity index is 244. The molecule has 0 saturated carbocycles. The van der Waals surface area contributed by atoms with Crippen LogP contribution in [0.5, 0.6) is 0 Å². The molecule has 1 aliphatic rings.